The number of para-hydroxylation sites is 1. The highest BCUT2D eigenvalue weighted by Gasteiger charge is 2.12. The highest BCUT2D eigenvalue weighted by atomic mass is 16.3. The smallest absolute Gasteiger partial charge is 0.259 e. The molecule has 0 radical (unpaired) electrons. The van der Waals surface area contributed by atoms with Crippen molar-refractivity contribution in [3.63, 3.8) is 0 Å². The van der Waals surface area contributed by atoms with Crippen molar-refractivity contribution in [2.75, 3.05) is 5.32 Å². The van der Waals surface area contributed by atoms with Gasteiger partial charge in [0.1, 0.15) is 5.75 Å². The number of hydrogen-bond acceptors (Lipinski definition) is 2. The zero-order valence-corrected chi connectivity index (χ0v) is 11.9. The van der Waals surface area contributed by atoms with Crippen molar-refractivity contribution in [3.8, 4) is 16.9 Å². The normalized spacial score (nSPS) is 10.2. The van der Waals surface area contributed by atoms with E-state index in [0.717, 1.165) is 11.1 Å². The van der Waals surface area contributed by atoms with E-state index in [4.69, 9.17) is 0 Å². The highest BCUT2D eigenvalue weighted by Crippen LogP contribution is 2.26. The quantitative estimate of drug-likeness (QED) is 0.754. The fraction of sp³-hybridized carbons (Fsp3) is 0. The number of aromatic hydroxyl groups is 1. The van der Waals surface area contributed by atoms with Crippen LogP contribution in [0.4, 0.5) is 5.69 Å². The van der Waals surface area contributed by atoms with Crippen LogP contribution >= 0.6 is 0 Å². The average Bonchev–Trinajstić information content (AvgIpc) is 2.57. The molecule has 0 aliphatic heterocycles. The monoisotopic (exact) mass is 289 g/mol. The molecule has 0 saturated carbocycles. The fourth-order valence-electron chi connectivity index (χ4n) is 2.25. The molecule has 0 saturated heterocycles. The van der Waals surface area contributed by atoms with E-state index in [9.17, 15) is 9.90 Å². The first-order valence-corrected chi connectivity index (χ1v) is 6.99. The second-order valence-corrected chi connectivity index (χ2v) is 4.92. The van der Waals surface area contributed by atoms with Crippen LogP contribution < -0.4 is 5.32 Å². The van der Waals surface area contributed by atoms with E-state index >= 15 is 0 Å². The summed E-state index contributed by atoms with van der Waals surface area (Å²) in [5, 5.41) is 12.7. The van der Waals surface area contributed by atoms with E-state index in [-0.39, 0.29) is 17.2 Å². The Kier molecular flexibility index (Phi) is 3.88. The molecule has 108 valence electrons. The second-order valence-electron chi connectivity index (χ2n) is 4.92. The molecule has 3 heteroatoms. The van der Waals surface area contributed by atoms with E-state index in [1.54, 1.807) is 30.3 Å². The van der Waals surface area contributed by atoms with Crippen LogP contribution in [-0.4, -0.2) is 11.0 Å². The maximum absolute atomic E-state index is 12.3. The summed E-state index contributed by atoms with van der Waals surface area (Å²) in [7, 11) is 0. The molecule has 0 spiro atoms. The molecule has 0 aromatic heterocycles. The van der Waals surface area contributed by atoms with Gasteiger partial charge >= 0.3 is 0 Å². The summed E-state index contributed by atoms with van der Waals surface area (Å²) in [6, 6.07) is 23.9. The van der Waals surface area contributed by atoms with Crippen molar-refractivity contribution in [1.82, 2.24) is 0 Å². The van der Waals surface area contributed by atoms with Gasteiger partial charge in [0.05, 0.1) is 5.56 Å². The third-order valence-corrected chi connectivity index (χ3v) is 3.38. The number of phenols is 1. The minimum atomic E-state index is -0.332. The van der Waals surface area contributed by atoms with E-state index in [0.29, 0.717) is 5.69 Å². The number of hydrogen-bond donors (Lipinski definition) is 2. The third-order valence-electron chi connectivity index (χ3n) is 3.38. The number of nitrogens with one attached hydrogen (secondary N) is 1. The van der Waals surface area contributed by atoms with Gasteiger partial charge in [0.15, 0.2) is 0 Å². The number of carbonyl (C=O) groups excluding carboxylic acids is 1. The Balaban J connectivity index is 1.91. The summed E-state index contributed by atoms with van der Waals surface area (Å²) in [4.78, 5) is 12.3. The van der Waals surface area contributed by atoms with Crippen molar-refractivity contribution in [2.45, 2.75) is 0 Å². The summed E-state index contributed by atoms with van der Waals surface area (Å²) in [6.45, 7) is 0. The SMILES string of the molecule is O=C(Nc1ccccc1)c1cc(-c2ccccc2)ccc1O. The van der Waals surface area contributed by atoms with Crippen LogP contribution in [0.5, 0.6) is 5.75 Å². The number of benzene rings is 3. The molecular weight excluding hydrogens is 274 g/mol. The molecule has 0 atom stereocenters. The van der Waals surface area contributed by atoms with Gasteiger partial charge in [-0.15, -0.1) is 0 Å². The van der Waals surface area contributed by atoms with Crippen LogP contribution in [0, 0.1) is 0 Å². The Morgan fingerprint density at radius 1 is 0.773 bits per heavy atom. The van der Waals surface area contributed by atoms with Crippen molar-refractivity contribution in [1.29, 1.82) is 0 Å². The van der Waals surface area contributed by atoms with Gasteiger partial charge in [-0.25, -0.2) is 0 Å². The lowest BCUT2D eigenvalue weighted by Gasteiger charge is -2.09. The number of amides is 1. The summed E-state index contributed by atoms with van der Waals surface area (Å²) < 4.78 is 0. The van der Waals surface area contributed by atoms with Gasteiger partial charge in [0.25, 0.3) is 5.91 Å². The molecule has 0 bridgehead atoms. The van der Waals surface area contributed by atoms with Gasteiger partial charge in [0.2, 0.25) is 0 Å². The first-order chi connectivity index (χ1) is 10.7. The number of rotatable bonds is 3. The third kappa shape index (κ3) is 2.99. The highest BCUT2D eigenvalue weighted by molar-refractivity contribution is 6.06. The summed E-state index contributed by atoms with van der Waals surface area (Å²) in [5.41, 5.74) is 2.83. The molecule has 0 heterocycles. The predicted octanol–water partition coefficient (Wildman–Crippen LogP) is 4.31. The molecule has 0 aliphatic carbocycles. The lowest BCUT2D eigenvalue weighted by Crippen LogP contribution is -2.12. The summed E-state index contributed by atoms with van der Waals surface area (Å²) >= 11 is 0. The standard InChI is InChI=1S/C19H15NO2/c21-18-12-11-15(14-7-3-1-4-8-14)13-17(18)19(22)20-16-9-5-2-6-10-16/h1-13,21H,(H,20,22). The lowest BCUT2D eigenvalue weighted by molar-refractivity contribution is 0.102. The summed E-state index contributed by atoms with van der Waals surface area (Å²) in [6.07, 6.45) is 0. The van der Waals surface area contributed by atoms with Gasteiger partial charge in [-0.1, -0.05) is 54.6 Å². The molecule has 2 N–H and O–H groups in total. The van der Waals surface area contributed by atoms with Crippen LogP contribution in [0.1, 0.15) is 10.4 Å². The summed E-state index contributed by atoms with van der Waals surface area (Å²) in [5.74, 6) is -0.366. The van der Waals surface area contributed by atoms with Crippen molar-refractivity contribution < 1.29 is 9.90 Å². The number of phenolic OH excluding ortho intramolecular Hbond substituents is 1. The molecular formula is C19H15NO2. The van der Waals surface area contributed by atoms with E-state index in [2.05, 4.69) is 5.32 Å². The maximum Gasteiger partial charge on any atom is 0.259 e. The zero-order chi connectivity index (χ0) is 15.4. The van der Waals surface area contributed by atoms with Crippen LogP contribution in [0.2, 0.25) is 0 Å². The minimum Gasteiger partial charge on any atom is -0.507 e. The molecule has 3 aromatic rings. The first kappa shape index (κ1) is 13.9. The molecule has 0 aliphatic rings. The molecule has 1 amide bonds. The Labute approximate surface area is 128 Å². The molecule has 0 unspecified atom stereocenters. The maximum atomic E-state index is 12.3. The molecule has 3 aromatic carbocycles. The zero-order valence-electron chi connectivity index (χ0n) is 11.9. The van der Waals surface area contributed by atoms with Crippen LogP contribution in [-0.2, 0) is 0 Å². The Morgan fingerprint density at radius 3 is 2.09 bits per heavy atom. The fourth-order valence-corrected chi connectivity index (χ4v) is 2.25. The predicted molar refractivity (Wildman–Crippen MR) is 87.9 cm³/mol. The van der Waals surface area contributed by atoms with Gasteiger partial charge in [0, 0.05) is 5.69 Å². The van der Waals surface area contributed by atoms with Crippen LogP contribution in [0.15, 0.2) is 78.9 Å². The van der Waals surface area contributed by atoms with Gasteiger partial charge < -0.3 is 10.4 Å². The molecule has 22 heavy (non-hydrogen) atoms. The van der Waals surface area contributed by atoms with E-state index in [1.807, 2.05) is 48.5 Å². The van der Waals surface area contributed by atoms with E-state index in [1.165, 1.54) is 0 Å². The number of carbonyl (C=O) groups is 1. The van der Waals surface area contributed by atoms with Gasteiger partial charge in [-0.2, -0.15) is 0 Å². The largest absolute Gasteiger partial charge is 0.507 e. The average molecular weight is 289 g/mol. The minimum absolute atomic E-state index is 0.0342. The molecule has 3 rings (SSSR count). The van der Waals surface area contributed by atoms with E-state index < -0.39 is 0 Å². The van der Waals surface area contributed by atoms with Gasteiger partial charge in [-0.05, 0) is 35.4 Å². The van der Waals surface area contributed by atoms with Gasteiger partial charge in [-0.3, -0.25) is 4.79 Å². The number of anilines is 1. The Hall–Kier alpha value is -3.07. The Morgan fingerprint density at radius 2 is 1.41 bits per heavy atom. The topological polar surface area (TPSA) is 49.3 Å². The van der Waals surface area contributed by atoms with Crippen molar-refractivity contribution >= 4 is 11.6 Å². The first-order valence-electron chi connectivity index (χ1n) is 6.99. The lowest BCUT2D eigenvalue weighted by atomic mass is 10.0. The second kappa shape index (κ2) is 6.14. The van der Waals surface area contributed by atoms with Crippen LogP contribution in [0.25, 0.3) is 11.1 Å². The van der Waals surface area contributed by atoms with Crippen molar-refractivity contribution in [3.05, 3.63) is 84.4 Å². The molecule has 3 nitrogen and oxygen atoms in total. The Bertz CT molecular complexity index is 783. The molecule has 0 fully saturated rings. The van der Waals surface area contributed by atoms with Crippen LogP contribution in [0.3, 0.4) is 0 Å². The van der Waals surface area contributed by atoms with Crippen molar-refractivity contribution in [2.24, 2.45) is 0 Å².